The van der Waals surface area contributed by atoms with E-state index in [0.717, 1.165) is 6.54 Å². The largest absolute Gasteiger partial charge is 0.394 e. The first-order chi connectivity index (χ1) is 8.01. The van der Waals surface area contributed by atoms with Crippen molar-refractivity contribution in [2.75, 3.05) is 31.2 Å². The molecule has 1 aromatic heterocycles. The third-order valence-corrected chi connectivity index (χ3v) is 3.44. The molecule has 1 heterocycles. The van der Waals surface area contributed by atoms with Crippen molar-refractivity contribution in [2.45, 2.75) is 19.9 Å². The van der Waals surface area contributed by atoms with Gasteiger partial charge in [0, 0.05) is 13.6 Å². The highest BCUT2D eigenvalue weighted by Crippen LogP contribution is 2.26. The van der Waals surface area contributed by atoms with Crippen LogP contribution in [-0.2, 0) is 0 Å². The lowest BCUT2D eigenvalue weighted by Gasteiger charge is -2.22. The van der Waals surface area contributed by atoms with Crippen molar-refractivity contribution in [3.63, 3.8) is 0 Å². The van der Waals surface area contributed by atoms with E-state index in [1.54, 1.807) is 14.0 Å². The number of hydrogen-bond donors (Lipinski definition) is 3. The second kappa shape index (κ2) is 5.83. The number of likely N-dealkylation sites (N-methyl/N-ethyl adjacent to an activating group) is 1. The Balaban J connectivity index is 2.88. The van der Waals surface area contributed by atoms with Gasteiger partial charge in [-0.1, -0.05) is 11.3 Å². The van der Waals surface area contributed by atoms with E-state index in [-0.39, 0.29) is 24.4 Å². The maximum absolute atomic E-state index is 12.1. The quantitative estimate of drug-likeness (QED) is 0.719. The zero-order valence-corrected chi connectivity index (χ0v) is 11.0. The molecule has 0 aliphatic heterocycles. The van der Waals surface area contributed by atoms with Crippen molar-refractivity contribution in [2.24, 2.45) is 0 Å². The lowest BCUT2D eigenvalue weighted by Crippen LogP contribution is -2.37. The average Bonchev–Trinajstić information content (AvgIpc) is 2.68. The molecule has 4 N–H and O–H groups in total. The molecule has 1 aromatic rings. The van der Waals surface area contributed by atoms with Crippen LogP contribution in [0, 0.1) is 0 Å². The lowest BCUT2D eigenvalue weighted by molar-refractivity contribution is 0.0688. The van der Waals surface area contributed by atoms with E-state index in [2.05, 4.69) is 10.3 Å². The summed E-state index contributed by atoms with van der Waals surface area (Å²) in [6.45, 7) is 4.35. The van der Waals surface area contributed by atoms with Gasteiger partial charge in [-0.15, -0.1) is 0 Å². The van der Waals surface area contributed by atoms with Crippen LogP contribution in [0.2, 0.25) is 0 Å². The van der Waals surface area contributed by atoms with Crippen LogP contribution in [0.3, 0.4) is 0 Å². The zero-order chi connectivity index (χ0) is 13.0. The number of nitrogens with zero attached hydrogens (tertiary/aromatic N) is 2. The van der Waals surface area contributed by atoms with Crippen LogP contribution in [0.5, 0.6) is 0 Å². The Morgan fingerprint density at radius 1 is 1.71 bits per heavy atom. The molecule has 0 saturated heterocycles. The molecule has 0 spiro atoms. The number of aliphatic hydroxyl groups is 1. The summed E-state index contributed by atoms with van der Waals surface area (Å²) in [5.74, 6) is 0.0126. The number of anilines is 2. The summed E-state index contributed by atoms with van der Waals surface area (Å²) in [5, 5.41) is 12.7. The normalized spacial score (nSPS) is 12.2. The summed E-state index contributed by atoms with van der Waals surface area (Å²) in [6.07, 6.45) is 0. The average molecular weight is 258 g/mol. The first-order valence-corrected chi connectivity index (χ1v) is 6.21. The Kier molecular flexibility index (Phi) is 4.71. The van der Waals surface area contributed by atoms with E-state index < -0.39 is 0 Å². The molecule has 7 heteroatoms. The van der Waals surface area contributed by atoms with Gasteiger partial charge in [0.25, 0.3) is 5.91 Å². The molecular formula is C10H18N4O2S. The SMILES string of the molecule is CCNc1nc(N)c(C(=O)N(C)C(C)CO)s1. The molecule has 0 aliphatic carbocycles. The Morgan fingerprint density at radius 2 is 2.35 bits per heavy atom. The van der Waals surface area contributed by atoms with E-state index in [9.17, 15) is 4.79 Å². The molecule has 0 bridgehead atoms. The van der Waals surface area contributed by atoms with Gasteiger partial charge in [-0.05, 0) is 13.8 Å². The van der Waals surface area contributed by atoms with E-state index in [0.29, 0.717) is 10.0 Å². The number of aliphatic hydroxyl groups excluding tert-OH is 1. The minimum Gasteiger partial charge on any atom is -0.394 e. The molecule has 0 radical (unpaired) electrons. The molecule has 0 aliphatic rings. The van der Waals surface area contributed by atoms with Crippen molar-refractivity contribution in [3.05, 3.63) is 4.88 Å². The maximum atomic E-state index is 12.1. The van der Waals surface area contributed by atoms with Crippen LogP contribution in [0.1, 0.15) is 23.5 Å². The number of aromatic nitrogens is 1. The highest BCUT2D eigenvalue weighted by molar-refractivity contribution is 7.18. The second-order valence-electron chi connectivity index (χ2n) is 3.71. The van der Waals surface area contributed by atoms with Crippen LogP contribution in [-0.4, -0.2) is 47.1 Å². The van der Waals surface area contributed by atoms with Crippen molar-refractivity contribution in [1.29, 1.82) is 0 Å². The van der Waals surface area contributed by atoms with Crippen LogP contribution < -0.4 is 11.1 Å². The highest BCUT2D eigenvalue weighted by Gasteiger charge is 2.22. The van der Waals surface area contributed by atoms with Gasteiger partial charge >= 0.3 is 0 Å². The Morgan fingerprint density at radius 3 is 2.88 bits per heavy atom. The molecule has 0 saturated carbocycles. The number of amides is 1. The monoisotopic (exact) mass is 258 g/mol. The van der Waals surface area contributed by atoms with E-state index in [4.69, 9.17) is 10.8 Å². The Bertz CT molecular complexity index is 394. The zero-order valence-electron chi connectivity index (χ0n) is 10.2. The summed E-state index contributed by atoms with van der Waals surface area (Å²) in [4.78, 5) is 18.0. The minimum atomic E-state index is -0.244. The Labute approximate surface area is 104 Å². The summed E-state index contributed by atoms with van der Waals surface area (Å²) in [5.41, 5.74) is 5.70. The summed E-state index contributed by atoms with van der Waals surface area (Å²) in [7, 11) is 1.63. The summed E-state index contributed by atoms with van der Waals surface area (Å²) < 4.78 is 0. The molecular weight excluding hydrogens is 240 g/mol. The van der Waals surface area contributed by atoms with E-state index >= 15 is 0 Å². The molecule has 1 unspecified atom stereocenters. The van der Waals surface area contributed by atoms with Gasteiger partial charge in [0.15, 0.2) is 5.13 Å². The third kappa shape index (κ3) is 3.07. The first-order valence-electron chi connectivity index (χ1n) is 5.39. The number of nitrogen functional groups attached to an aromatic ring is 1. The molecule has 17 heavy (non-hydrogen) atoms. The van der Waals surface area contributed by atoms with Gasteiger partial charge in [0.2, 0.25) is 0 Å². The molecule has 1 amide bonds. The maximum Gasteiger partial charge on any atom is 0.267 e. The summed E-state index contributed by atoms with van der Waals surface area (Å²) in [6, 6.07) is -0.244. The van der Waals surface area contributed by atoms with Crippen LogP contribution >= 0.6 is 11.3 Å². The number of rotatable bonds is 5. The van der Waals surface area contributed by atoms with Crippen molar-refractivity contribution < 1.29 is 9.90 Å². The van der Waals surface area contributed by atoms with E-state index in [1.165, 1.54) is 16.2 Å². The van der Waals surface area contributed by atoms with Crippen molar-refractivity contribution in [3.8, 4) is 0 Å². The predicted molar refractivity (Wildman–Crippen MR) is 69.3 cm³/mol. The van der Waals surface area contributed by atoms with Gasteiger partial charge < -0.3 is 21.1 Å². The fraction of sp³-hybridized carbons (Fsp3) is 0.600. The lowest BCUT2D eigenvalue weighted by atomic mass is 10.3. The van der Waals surface area contributed by atoms with Crippen molar-refractivity contribution in [1.82, 2.24) is 9.88 Å². The number of carbonyl (C=O) groups excluding carboxylic acids is 1. The van der Waals surface area contributed by atoms with Gasteiger partial charge in [-0.3, -0.25) is 4.79 Å². The van der Waals surface area contributed by atoms with Gasteiger partial charge in [0.1, 0.15) is 10.7 Å². The van der Waals surface area contributed by atoms with Crippen molar-refractivity contribution >= 4 is 28.2 Å². The molecule has 0 aromatic carbocycles. The first kappa shape index (κ1) is 13.7. The standard InChI is InChI=1S/C10H18N4O2S/c1-4-12-10-13-8(11)7(17-10)9(16)14(3)6(2)5-15/h6,15H,4-5,11H2,1-3H3,(H,12,13). The fourth-order valence-corrected chi connectivity index (χ4v) is 2.13. The van der Waals surface area contributed by atoms with Crippen LogP contribution in [0.4, 0.5) is 10.9 Å². The van der Waals surface area contributed by atoms with Gasteiger partial charge in [-0.25, -0.2) is 4.98 Å². The fourth-order valence-electron chi connectivity index (χ4n) is 1.19. The number of nitrogens with two attached hydrogens (primary N) is 1. The van der Waals surface area contributed by atoms with E-state index in [1.807, 2.05) is 6.92 Å². The molecule has 1 rings (SSSR count). The minimum absolute atomic E-state index is 0.0823. The second-order valence-corrected chi connectivity index (χ2v) is 4.71. The molecule has 6 nitrogen and oxygen atoms in total. The number of nitrogens with one attached hydrogen (secondary N) is 1. The van der Waals surface area contributed by atoms with Crippen LogP contribution in [0.15, 0.2) is 0 Å². The topological polar surface area (TPSA) is 91.5 Å². The van der Waals surface area contributed by atoms with Crippen LogP contribution in [0.25, 0.3) is 0 Å². The molecule has 96 valence electrons. The highest BCUT2D eigenvalue weighted by atomic mass is 32.1. The number of thiazole rings is 1. The number of hydrogen-bond acceptors (Lipinski definition) is 6. The smallest absolute Gasteiger partial charge is 0.267 e. The predicted octanol–water partition coefficient (Wildman–Crippen LogP) is 0.610. The molecule has 0 fully saturated rings. The van der Waals surface area contributed by atoms with Gasteiger partial charge in [0.05, 0.1) is 12.6 Å². The Hall–Kier alpha value is -1.34. The molecule has 1 atom stereocenters. The summed E-state index contributed by atoms with van der Waals surface area (Å²) >= 11 is 1.23. The number of carbonyl (C=O) groups is 1. The van der Waals surface area contributed by atoms with Gasteiger partial charge in [-0.2, -0.15) is 0 Å². The third-order valence-electron chi connectivity index (χ3n) is 2.42.